The number of primary amides is 1. The number of halogens is 1. The number of aromatic amines is 1. The Balaban J connectivity index is 2.20. The van der Waals surface area contributed by atoms with Gasteiger partial charge in [-0.1, -0.05) is 13.0 Å². The Hall–Kier alpha value is -3.18. The van der Waals surface area contributed by atoms with E-state index in [1.807, 2.05) is 0 Å². The number of nitrogens with two attached hydrogens (primary N) is 1. The van der Waals surface area contributed by atoms with Gasteiger partial charge in [-0.3, -0.25) is 14.1 Å². The van der Waals surface area contributed by atoms with Crippen molar-refractivity contribution >= 4 is 32.8 Å². The number of H-pyrrole nitrogens is 1. The van der Waals surface area contributed by atoms with Gasteiger partial charge in [0, 0.05) is 17.8 Å². The average molecular weight is 420 g/mol. The molecule has 0 radical (unpaired) electrons. The SMILES string of the molecule is CCC(Cc1ccc(C(N)=O)c(F)c1C(=O)c1c[nH]c2ncncc12)S(=O)(=O)O. The second-order valence-electron chi connectivity index (χ2n) is 6.39. The smallest absolute Gasteiger partial charge is 0.268 e. The highest BCUT2D eigenvalue weighted by Gasteiger charge is 2.29. The van der Waals surface area contributed by atoms with E-state index in [4.69, 9.17) is 5.73 Å². The summed E-state index contributed by atoms with van der Waals surface area (Å²) in [5.41, 5.74) is 4.60. The first-order valence-electron chi connectivity index (χ1n) is 8.54. The van der Waals surface area contributed by atoms with Gasteiger partial charge in [0.1, 0.15) is 17.8 Å². The maximum Gasteiger partial charge on any atom is 0.268 e. The van der Waals surface area contributed by atoms with Gasteiger partial charge >= 0.3 is 0 Å². The van der Waals surface area contributed by atoms with Gasteiger partial charge in [-0.2, -0.15) is 8.42 Å². The normalized spacial score (nSPS) is 12.8. The molecule has 0 aliphatic rings. The van der Waals surface area contributed by atoms with E-state index in [2.05, 4.69) is 15.0 Å². The van der Waals surface area contributed by atoms with Crippen molar-refractivity contribution in [2.45, 2.75) is 25.0 Å². The van der Waals surface area contributed by atoms with Crippen LogP contribution >= 0.6 is 0 Å². The van der Waals surface area contributed by atoms with Crippen molar-refractivity contribution in [3.8, 4) is 0 Å². The third-order valence-corrected chi connectivity index (χ3v) is 5.99. The second kappa shape index (κ2) is 7.68. The lowest BCUT2D eigenvalue weighted by Crippen LogP contribution is -2.25. The van der Waals surface area contributed by atoms with Crippen LogP contribution in [0, 0.1) is 5.82 Å². The molecule has 0 aliphatic heterocycles. The first kappa shape index (κ1) is 20.6. The van der Waals surface area contributed by atoms with Crippen LogP contribution in [0.2, 0.25) is 0 Å². The highest BCUT2D eigenvalue weighted by atomic mass is 32.2. The van der Waals surface area contributed by atoms with Crippen molar-refractivity contribution in [1.82, 2.24) is 15.0 Å². The predicted molar refractivity (Wildman–Crippen MR) is 102 cm³/mol. The van der Waals surface area contributed by atoms with Crippen molar-refractivity contribution in [1.29, 1.82) is 0 Å². The Morgan fingerprint density at radius 2 is 2.03 bits per heavy atom. The molecular weight excluding hydrogens is 403 g/mol. The molecule has 1 atom stereocenters. The van der Waals surface area contributed by atoms with Crippen LogP contribution in [0.25, 0.3) is 11.0 Å². The van der Waals surface area contributed by atoms with Crippen molar-refractivity contribution in [2.75, 3.05) is 0 Å². The van der Waals surface area contributed by atoms with E-state index in [1.165, 1.54) is 31.7 Å². The molecule has 1 amide bonds. The third-order valence-electron chi connectivity index (χ3n) is 4.65. The van der Waals surface area contributed by atoms with E-state index < -0.39 is 44.0 Å². The minimum Gasteiger partial charge on any atom is -0.366 e. The van der Waals surface area contributed by atoms with E-state index in [0.29, 0.717) is 11.0 Å². The fourth-order valence-electron chi connectivity index (χ4n) is 3.11. The van der Waals surface area contributed by atoms with Crippen molar-refractivity contribution in [3.05, 3.63) is 58.9 Å². The van der Waals surface area contributed by atoms with Crippen LogP contribution in [0.15, 0.2) is 30.9 Å². The van der Waals surface area contributed by atoms with Gasteiger partial charge in [-0.25, -0.2) is 14.4 Å². The second-order valence-corrected chi connectivity index (χ2v) is 8.09. The molecule has 3 rings (SSSR count). The summed E-state index contributed by atoms with van der Waals surface area (Å²) >= 11 is 0. The number of rotatable bonds is 7. The number of hydrogen-bond donors (Lipinski definition) is 3. The van der Waals surface area contributed by atoms with Crippen molar-refractivity contribution in [2.24, 2.45) is 5.73 Å². The average Bonchev–Trinajstić information content (AvgIpc) is 3.08. The van der Waals surface area contributed by atoms with Crippen LogP contribution in [-0.4, -0.2) is 44.9 Å². The minimum atomic E-state index is -4.43. The zero-order valence-corrected chi connectivity index (χ0v) is 16.0. The fraction of sp³-hybridized carbons (Fsp3) is 0.222. The number of ketones is 1. The van der Waals surface area contributed by atoms with Gasteiger partial charge in [0.25, 0.3) is 16.0 Å². The summed E-state index contributed by atoms with van der Waals surface area (Å²) in [6.07, 6.45) is 3.67. The van der Waals surface area contributed by atoms with Gasteiger partial charge in [0.2, 0.25) is 0 Å². The molecule has 1 unspecified atom stereocenters. The van der Waals surface area contributed by atoms with Gasteiger partial charge in [0.05, 0.1) is 21.9 Å². The number of nitrogens with one attached hydrogen (secondary N) is 1. The molecule has 0 saturated carbocycles. The third kappa shape index (κ3) is 3.87. The van der Waals surface area contributed by atoms with Gasteiger partial charge < -0.3 is 10.7 Å². The highest BCUT2D eigenvalue weighted by molar-refractivity contribution is 7.86. The zero-order valence-electron chi connectivity index (χ0n) is 15.2. The Labute approximate surface area is 164 Å². The Bertz CT molecular complexity index is 1220. The number of nitrogens with zero attached hydrogens (tertiary/aromatic N) is 2. The van der Waals surface area contributed by atoms with Crippen LogP contribution in [-0.2, 0) is 16.5 Å². The quantitative estimate of drug-likeness (QED) is 0.387. The summed E-state index contributed by atoms with van der Waals surface area (Å²) in [7, 11) is -4.43. The summed E-state index contributed by atoms with van der Waals surface area (Å²) in [6.45, 7) is 1.53. The molecule has 0 fully saturated rings. The van der Waals surface area contributed by atoms with Gasteiger partial charge in [-0.05, 0) is 24.5 Å². The number of carbonyl (C=O) groups excluding carboxylic acids is 2. The topological polar surface area (TPSA) is 156 Å². The molecule has 0 aliphatic carbocycles. The molecule has 1 aromatic carbocycles. The van der Waals surface area contributed by atoms with E-state index in [1.54, 1.807) is 0 Å². The number of carbonyl (C=O) groups is 2. The van der Waals surface area contributed by atoms with Crippen LogP contribution in [0.1, 0.15) is 45.2 Å². The Morgan fingerprint density at radius 3 is 2.66 bits per heavy atom. The van der Waals surface area contributed by atoms with Crippen molar-refractivity contribution < 1.29 is 27.0 Å². The summed E-state index contributed by atoms with van der Waals surface area (Å²) in [5, 5.41) is -0.923. The van der Waals surface area contributed by atoms with Crippen LogP contribution < -0.4 is 5.73 Å². The molecule has 152 valence electrons. The van der Waals surface area contributed by atoms with Gasteiger partial charge in [0.15, 0.2) is 5.78 Å². The van der Waals surface area contributed by atoms with Crippen molar-refractivity contribution in [3.63, 3.8) is 0 Å². The lowest BCUT2D eigenvalue weighted by atomic mass is 9.92. The standard InChI is InChI=1S/C18H17FN4O5S/c1-2-10(29(26,27)28)5-9-3-4-11(17(20)25)15(19)14(9)16(24)12-7-22-18-13(12)6-21-8-23-18/h3-4,6-8,10H,2,5H2,1H3,(H2,20,25)(H,21,22,23)(H,26,27,28). The summed E-state index contributed by atoms with van der Waals surface area (Å²) in [5.74, 6) is -3.03. The summed E-state index contributed by atoms with van der Waals surface area (Å²) < 4.78 is 47.7. The molecule has 3 aromatic rings. The largest absolute Gasteiger partial charge is 0.366 e. The molecule has 0 saturated heterocycles. The number of benzene rings is 1. The number of aromatic nitrogens is 3. The molecule has 2 heterocycles. The van der Waals surface area contributed by atoms with E-state index in [-0.39, 0.29) is 24.0 Å². The Kier molecular flexibility index (Phi) is 5.44. The van der Waals surface area contributed by atoms with E-state index in [9.17, 15) is 22.6 Å². The number of amides is 1. The molecule has 4 N–H and O–H groups in total. The molecule has 0 bridgehead atoms. The lowest BCUT2D eigenvalue weighted by molar-refractivity contribution is 0.0996. The minimum absolute atomic E-state index is 0.0215. The maximum absolute atomic E-state index is 15.1. The van der Waals surface area contributed by atoms with Gasteiger partial charge in [-0.15, -0.1) is 0 Å². The molecular formula is C18H17FN4O5S. The van der Waals surface area contributed by atoms with Crippen LogP contribution in [0.5, 0.6) is 0 Å². The molecule has 0 spiro atoms. The predicted octanol–water partition coefficient (Wildman–Crippen LogP) is 1.64. The number of fused-ring (bicyclic) bond motifs is 1. The molecule has 2 aromatic heterocycles. The Morgan fingerprint density at radius 1 is 1.31 bits per heavy atom. The van der Waals surface area contributed by atoms with Crippen LogP contribution in [0.4, 0.5) is 4.39 Å². The monoisotopic (exact) mass is 420 g/mol. The van der Waals surface area contributed by atoms with E-state index in [0.717, 1.165) is 6.07 Å². The zero-order chi connectivity index (χ0) is 21.3. The summed E-state index contributed by atoms with van der Waals surface area (Å²) in [4.78, 5) is 35.3. The number of hydrogen-bond acceptors (Lipinski definition) is 6. The molecule has 29 heavy (non-hydrogen) atoms. The highest BCUT2D eigenvalue weighted by Crippen LogP contribution is 2.27. The van der Waals surface area contributed by atoms with E-state index >= 15 is 4.39 Å². The first-order valence-corrected chi connectivity index (χ1v) is 10.0. The lowest BCUT2D eigenvalue weighted by Gasteiger charge is -2.16. The van der Waals surface area contributed by atoms with Crippen LogP contribution in [0.3, 0.4) is 0 Å². The molecule has 9 nitrogen and oxygen atoms in total. The summed E-state index contributed by atoms with van der Waals surface area (Å²) in [6, 6.07) is 2.34. The maximum atomic E-state index is 15.1. The first-order chi connectivity index (χ1) is 13.6. The molecule has 11 heteroatoms. The fourth-order valence-corrected chi connectivity index (χ4v) is 3.92.